The van der Waals surface area contributed by atoms with Gasteiger partial charge in [0.05, 0.1) is 17.0 Å². The number of carbonyl (C=O) groups is 2. The molecule has 0 unspecified atom stereocenters. The Morgan fingerprint density at radius 1 is 1.31 bits per heavy atom. The lowest BCUT2D eigenvalue weighted by atomic mass is 10.0. The molecule has 1 amide bonds. The second-order valence-electron chi connectivity index (χ2n) is 6.87. The van der Waals surface area contributed by atoms with Gasteiger partial charge < -0.3 is 0 Å². The summed E-state index contributed by atoms with van der Waals surface area (Å²) in [5.41, 5.74) is 4.85. The van der Waals surface area contributed by atoms with Gasteiger partial charge in [-0.2, -0.15) is 0 Å². The van der Waals surface area contributed by atoms with Crippen molar-refractivity contribution in [2.75, 3.05) is 6.61 Å². The number of ketones is 1. The quantitative estimate of drug-likeness (QED) is 0.578. The Balaban J connectivity index is 1.87. The predicted octanol–water partition coefficient (Wildman–Crippen LogP) is 4.37. The number of hydroxylamine groups is 1. The van der Waals surface area contributed by atoms with Crippen LogP contribution in [-0.2, 0) is 11.3 Å². The van der Waals surface area contributed by atoms with Crippen molar-refractivity contribution >= 4 is 23.0 Å². The van der Waals surface area contributed by atoms with Crippen LogP contribution < -0.4 is 5.48 Å². The molecule has 1 aliphatic rings. The molecule has 6 heteroatoms. The second kappa shape index (κ2) is 7.68. The summed E-state index contributed by atoms with van der Waals surface area (Å²) in [6, 6.07) is 5.03. The number of hydrogen-bond acceptors (Lipinski definition) is 4. The highest BCUT2D eigenvalue weighted by atomic mass is 32.1. The van der Waals surface area contributed by atoms with E-state index in [1.165, 1.54) is 24.3 Å². The molecular formula is C20H22FNO3S. The van der Waals surface area contributed by atoms with E-state index in [1.54, 1.807) is 13.0 Å². The Morgan fingerprint density at radius 2 is 2.04 bits per heavy atom. The lowest BCUT2D eigenvalue weighted by Gasteiger charge is -2.08. The lowest BCUT2D eigenvalue weighted by molar-refractivity contribution is 0.0269. The van der Waals surface area contributed by atoms with Crippen LogP contribution in [0.5, 0.6) is 0 Å². The average Bonchev–Trinajstić information content (AvgIpc) is 3.32. The first-order valence-corrected chi connectivity index (χ1v) is 9.48. The fourth-order valence-corrected chi connectivity index (χ4v) is 4.08. The number of nitrogens with one attached hydrogen (secondary N) is 1. The highest BCUT2D eigenvalue weighted by Crippen LogP contribution is 2.32. The minimum Gasteiger partial charge on any atom is -0.294 e. The zero-order valence-corrected chi connectivity index (χ0v) is 16.0. The molecule has 0 bridgehead atoms. The fraction of sp³-hybridized carbons (Fsp3) is 0.400. The molecule has 1 heterocycles. The number of benzene rings is 1. The molecule has 2 aromatic rings. The normalized spacial score (nSPS) is 13.7. The second-order valence-corrected chi connectivity index (χ2v) is 7.97. The van der Waals surface area contributed by atoms with E-state index in [-0.39, 0.29) is 23.9 Å². The predicted molar refractivity (Wildman–Crippen MR) is 99.1 cm³/mol. The number of amides is 1. The van der Waals surface area contributed by atoms with E-state index in [9.17, 15) is 14.0 Å². The van der Waals surface area contributed by atoms with E-state index < -0.39 is 0 Å². The van der Waals surface area contributed by atoms with Crippen molar-refractivity contribution in [2.24, 2.45) is 5.92 Å². The third-order valence-electron chi connectivity index (χ3n) is 4.51. The molecule has 1 aromatic carbocycles. The molecule has 1 aromatic heterocycles. The maximum atomic E-state index is 14.2. The van der Waals surface area contributed by atoms with Gasteiger partial charge in [0, 0.05) is 11.3 Å². The van der Waals surface area contributed by atoms with E-state index >= 15 is 0 Å². The molecule has 1 saturated carbocycles. The van der Waals surface area contributed by atoms with Crippen LogP contribution in [-0.4, -0.2) is 18.3 Å². The summed E-state index contributed by atoms with van der Waals surface area (Å²) in [5.74, 6) is -0.268. The summed E-state index contributed by atoms with van der Waals surface area (Å²) in [4.78, 5) is 31.0. The molecule has 0 radical (unpaired) electrons. The van der Waals surface area contributed by atoms with Crippen molar-refractivity contribution in [3.8, 4) is 0 Å². The van der Waals surface area contributed by atoms with Crippen LogP contribution in [0.25, 0.3) is 0 Å². The Labute approximate surface area is 156 Å². The largest absolute Gasteiger partial charge is 0.294 e. The van der Waals surface area contributed by atoms with Gasteiger partial charge in [0.25, 0.3) is 5.91 Å². The van der Waals surface area contributed by atoms with Crippen molar-refractivity contribution < 1.29 is 18.8 Å². The number of rotatable bonds is 7. The van der Waals surface area contributed by atoms with Gasteiger partial charge in [0.15, 0.2) is 5.78 Å². The number of thiophene rings is 1. The molecule has 4 nitrogen and oxygen atoms in total. The summed E-state index contributed by atoms with van der Waals surface area (Å²) >= 11 is 1.25. The van der Waals surface area contributed by atoms with Crippen LogP contribution in [0.15, 0.2) is 18.2 Å². The first-order chi connectivity index (χ1) is 12.4. The standard InChI is InChI=1S/C20H22FNO3S/c1-11-4-7-15(16(21)8-11)9-17-18(12(2)19(26-17)13(3)23)20(24)22-25-10-14-5-6-14/h4,7-8,14H,5-6,9-10H2,1-3H3,(H,22,24). The van der Waals surface area contributed by atoms with Crippen molar-refractivity contribution in [1.82, 2.24) is 5.48 Å². The molecule has 3 rings (SSSR count). The first kappa shape index (κ1) is 18.7. The molecule has 1 N–H and O–H groups in total. The van der Waals surface area contributed by atoms with Crippen molar-refractivity contribution in [1.29, 1.82) is 0 Å². The topological polar surface area (TPSA) is 55.4 Å². The van der Waals surface area contributed by atoms with Gasteiger partial charge >= 0.3 is 0 Å². The Morgan fingerprint density at radius 3 is 2.65 bits per heavy atom. The van der Waals surface area contributed by atoms with Gasteiger partial charge in [-0.25, -0.2) is 9.87 Å². The van der Waals surface area contributed by atoms with E-state index in [2.05, 4.69) is 5.48 Å². The smallest absolute Gasteiger partial charge is 0.276 e. The zero-order chi connectivity index (χ0) is 18.8. The Hall–Kier alpha value is -2.05. The van der Waals surface area contributed by atoms with Crippen LogP contribution in [0.2, 0.25) is 0 Å². The first-order valence-electron chi connectivity index (χ1n) is 8.67. The molecule has 1 fully saturated rings. The third kappa shape index (κ3) is 4.19. The summed E-state index contributed by atoms with van der Waals surface area (Å²) in [6.45, 7) is 5.54. The molecule has 0 atom stereocenters. The van der Waals surface area contributed by atoms with Crippen LogP contribution in [0, 0.1) is 25.6 Å². The summed E-state index contributed by atoms with van der Waals surface area (Å²) in [7, 11) is 0. The number of carbonyl (C=O) groups excluding carboxylic acids is 2. The molecule has 0 aliphatic heterocycles. The van der Waals surface area contributed by atoms with Crippen LogP contribution in [0.3, 0.4) is 0 Å². The van der Waals surface area contributed by atoms with Gasteiger partial charge in [0.2, 0.25) is 0 Å². The maximum Gasteiger partial charge on any atom is 0.276 e. The monoisotopic (exact) mass is 375 g/mol. The molecule has 26 heavy (non-hydrogen) atoms. The lowest BCUT2D eigenvalue weighted by Crippen LogP contribution is -2.26. The molecule has 0 spiro atoms. The molecule has 138 valence electrons. The maximum absolute atomic E-state index is 14.2. The number of aryl methyl sites for hydroxylation is 1. The van der Waals surface area contributed by atoms with Gasteiger partial charge in [-0.05, 0) is 62.3 Å². The third-order valence-corrected chi connectivity index (χ3v) is 5.90. The van der Waals surface area contributed by atoms with Gasteiger partial charge in [-0.3, -0.25) is 14.4 Å². The van der Waals surface area contributed by atoms with Crippen LogP contribution in [0.1, 0.15) is 61.4 Å². The molecule has 1 aliphatic carbocycles. The van der Waals surface area contributed by atoms with E-state index in [0.29, 0.717) is 39.0 Å². The van der Waals surface area contributed by atoms with Crippen LogP contribution in [0.4, 0.5) is 4.39 Å². The van der Waals surface area contributed by atoms with Crippen molar-refractivity contribution in [2.45, 2.75) is 40.0 Å². The summed E-state index contributed by atoms with van der Waals surface area (Å²) in [5, 5.41) is 0. The highest BCUT2D eigenvalue weighted by Gasteiger charge is 2.25. The van der Waals surface area contributed by atoms with Crippen molar-refractivity contribution in [3.63, 3.8) is 0 Å². The average molecular weight is 375 g/mol. The minimum atomic E-state index is -0.380. The van der Waals surface area contributed by atoms with Gasteiger partial charge in [0.1, 0.15) is 5.82 Å². The summed E-state index contributed by atoms with van der Waals surface area (Å²) in [6.07, 6.45) is 2.51. The molecule has 0 saturated heterocycles. The highest BCUT2D eigenvalue weighted by molar-refractivity contribution is 7.14. The number of Topliss-reactive ketones (excluding diaryl/α,β-unsaturated/α-hetero) is 1. The minimum absolute atomic E-state index is 0.101. The fourth-order valence-electron chi connectivity index (χ4n) is 2.86. The van der Waals surface area contributed by atoms with E-state index in [1.807, 2.05) is 13.0 Å². The number of hydrogen-bond donors (Lipinski definition) is 1. The van der Waals surface area contributed by atoms with Gasteiger partial charge in [-0.15, -0.1) is 11.3 Å². The summed E-state index contributed by atoms with van der Waals surface area (Å²) < 4.78 is 14.2. The van der Waals surface area contributed by atoms with E-state index in [0.717, 1.165) is 18.4 Å². The zero-order valence-electron chi connectivity index (χ0n) is 15.1. The van der Waals surface area contributed by atoms with E-state index in [4.69, 9.17) is 4.84 Å². The molecular weight excluding hydrogens is 353 g/mol. The van der Waals surface area contributed by atoms with Crippen molar-refractivity contribution in [3.05, 3.63) is 56.0 Å². The van der Waals surface area contributed by atoms with Gasteiger partial charge in [-0.1, -0.05) is 12.1 Å². The SMILES string of the molecule is CC(=O)c1sc(Cc2ccc(C)cc2F)c(C(=O)NOCC2CC2)c1C. The van der Waals surface area contributed by atoms with Crippen LogP contribution >= 0.6 is 11.3 Å². The Kier molecular flexibility index (Phi) is 5.53. The number of halogens is 1. The Bertz CT molecular complexity index is 855.